The van der Waals surface area contributed by atoms with Crippen molar-refractivity contribution >= 4 is 29.5 Å². The number of hydrogen-bond donors (Lipinski definition) is 2. The highest BCUT2D eigenvalue weighted by molar-refractivity contribution is 6.13. The summed E-state index contributed by atoms with van der Waals surface area (Å²) in [6, 6.07) is 11.0. The van der Waals surface area contributed by atoms with Crippen molar-refractivity contribution in [3.8, 4) is 5.75 Å². The van der Waals surface area contributed by atoms with Crippen LogP contribution in [0.5, 0.6) is 5.75 Å². The van der Waals surface area contributed by atoms with Gasteiger partial charge in [-0.3, -0.25) is 14.4 Å². The number of amides is 4. The van der Waals surface area contributed by atoms with Crippen molar-refractivity contribution in [3.05, 3.63) is 65.7 Å². The summed E-state index contributed by atoms with van der Waals surface area (Å²) >= 11 is 0. The number of likely N-dealkylation sites (tertiary alicyclic amines) is 1. The fraction of sp³-hybridized carbons (Fsp3) is 0.469. The minimum atomic E-state index is -1.52. The topological polar surface area (TPSA) is 130 Å². The number of carbonyl (C=O) groups is 4. The van der Waals surface area contributed by atoms with Crippen LogP contribution in [0, 0.1) is 17.0 Å². The standard InChI is InChI=1S/C32H39F2N5O6/c1-30(2,3)45-29(43)36-31(4,5)27(41)35-24(18-44-21-12-13-22(33)23(34)16-21)26(40)39-15-14-25-32(19-39,28(42)38(6)37-25)17-20-10-8-7-9-11-20/h7-13,16,24H,14-15,17-19H2,1-6H3,(H,35,41)(H,36,43)/t24?,32-/m1/s1. The second kappa shape index (κ2) is 12.8. The third kappa shape index (κ3) is 7.76. The van der Waals surface area contributed by atoms with Crippen molar-refractivity contribution < 1.29 is 37.4 Å². The second-order valence-corrected chi connectivity index (χ2v) is 12.8. The predicted octanol–water partition coefficient (Wildman–Crippen LogP) is 3.42. The number of nitrogens with one attached hydrogen (secondary N) is 2. The Bertz CT molecular complexity index is 1490. The minimum Gasteiger partial charge on any atom is -0.491 e. The summed E-state index contributed by atoms with van der Waals surface area (Å²) in [6.07, 6.45) is -0.196. The van der Waals surface area contributed by atoms with Gasteiger partial charge in [0.15, 0.2) is 11.6 Å². The summed E-state index contributed by atoms with van der Waals surface area (Å²) < 4.78 is 38.3. The Morgan fingerprint density at radius 2 is 1.73 bits per heavy atom. The van der Waals surface area contributed by atoms with Crippen LogP contribution in [-0.2, 0) is 25.5 Å². The van der Waals surface area contributed by atoms with E-state index < -0.39 is 58.7 Å². The van der Waals surface area contributed by atoms with Crippen LogP contribution < -0.4 is 15.4 Å². The molecule has 242 valence electrons. The molecule has 2 atom stereocenters. The zero-order chi connectivity index (χ0) is 33.2. The van der Waals surface area contributed by atoms with Crippen molar-refractivity contribution in [3.63, 3.8) is 0 Å². The number of ether oxygens (including phenoxy) is 2. The number of hydrazone groups is 1. The zero-order valence-electron chi connectivity index (χ0n) is 26.3. The van der Waals surface area contributed by atoms with E-state index >= 15 is 0 Å². The Morgan fingerprint density at radius 3 is 2.38 bits per heavy atom. The summed E-state index contributed by atoms with van der Waals surface area (Å²) in [6.45, 7) is 7.68. The molecule has 0 bridgehead atoms. The first-order valence-electron chi connectivity index (χ1n) is 14.6. The quantitative estimate of drug-likeness (QED) is 0.439. The Hall–Kier alpha value is -4.55. The lowest BCUT2D eigenvalue weighted by atomic mass is 9.73. The molecule has 2 N–H and O–H groups in total. The predicted molar refractivity (Wildman–Crippen MR) is 161 cm³/mol. The first-order chi connectivity index (χ1) is 21.0. The number of piperidine rings is 1. The lowest BCUT2D eigenvalue weighted by Crippen LogP contribution is -2.63. The van der Waals surface area contributed by atoms with Gasteiger partial charge in [-0.25, -0.2) is 18.6 Å². The van der Waals surface area contributed by atoms with Crippen LogP contribution in [-0.4, -0.2) is 83.4 Å². The Labute approximate surface area is 260 Å². The van der Waals surface area contributed by atoms with E-state index in [1.54, 1.807) is 27.8 Å². The first-order valence-corrected chi connectivity index (χ1v) is 14.6. The fourth-order valence-corrected chi connectivity index (χ4v) is 5.31. The Kier molecular flexibility index (Phi) is 9.50. The molecule has 2 aromatic carbocycles. The summed E-state index contributed by atoms with van der Waals surface area (Å²) in [5.41, 5.74) is -1.88. The lowest BCUT2D eigenvalue weighted by molar-refractivity contribution is -0.143. The van der Waals surface area contributed by atoms with E-state index in [9.17, 15) is 28.0 Å². The Morgan fingerprint density at radius 1 is 1.04 bits per heavy atom. The normalized spacial score (nSPS) is 18.9. The highest BCUT2D eigenvalue weighted by atomic mass is 19.2. The molecule has 4 amide bonds. The Balaban J connectivity index is 1.58. The maximum Gasteiger partial charge on any atom is 0.408 e. The number of carbonyl (C=O) groups excluding carboxylic acids is 4. The SMILES string of the molecule is CN1N=C2CCN(C(=O)C(COc3ccc(F)c(F)c3)NC(=O)C(C)(C)NC(=O)OC(C)(C)C)C[C@@]2(Cc2ccccc2)C1=O. The van der Waals surface area contributed by atoms with E-state index in [0.717, 1.165) is 17.7 Å². The smallest absolute Gasteiger partial charge is 0.408 e. The molecule has 2 aromatic rings. The molecule has 2 aliphatic rings. The molecule has 0 aliphatic carbocycles. The van der Waals surface area contributed by atoms with Gasteiger partial charge in [-0.1, -0.05) is 30.3 Å². The number of benzene rings is 2. The molecule has 45 heavy (non-hydrogen) atoms. The van der Waals surface area contributed by atoms with Crippen LogP contribution in [0.1, 0.15) is 46.6 Å². The molecule has 11 nitrogen and oxygen atoms in total. The average Bonchev–Trinajstić information content (AvgIpc) is 3.20. The first kappa shape index (κ1) is 33.3. The van der Waals surface area contributed by atoms with E-state index in [0.29, 0.717) is 18.6 Å². The monoisotopic (exact) mass is 627 g/mol. The summed E-state index contributed by atoms with van der Waals surface area (Å²) in [4.78, 5) is 55.0. The van der Waals surface area contributed by atoms with Crippen LogP contribution in [0.4, 0.5) is 13.6 Å². The number of rotatable bonds is 9. The summed E-state index contributed by atoms with van der Waals surface area (Å²) in [5.74, 6) is -3.81. The van der Waals surface area contributed by atoms with Crippen LogP contribution in [0.3, 0.4) is 0 Å². The molecule has 1 unspecified atom stereocenters. The van der Waals surface area contributed by atoms with Crippen LogP contribution in [0.15, 0.2) is 53.6 Å². The largest absolute Gasteiger partial charge is 0.491 e. The van der Waals surface area contributed by atoms with Gasteiger partial charge in [0.1, 0.15) is 35.0 Å². The van der Waals surface area contributed by atoms with Gasteiger partial charge in [0.05, 0.1) is 5.71 Å². The van der Waals surface area contributed by atoms with Gasteiger partial charge in [-0.05, 0) is 58.7 Å². The van der Waals surface area contributed by atoms with E-state index in [-0.39, 0.29) is 24.7 Å². The van der Waals surface area contributed by atoms with Crippen molar-refractivity contribution in [1.29, 1.82) is 0 Å². The van der Waals surface area contributed by atoms with Gasteiger partial charge < -0.3 is 25.0 Å². The van der Waals surface area contributed by atoms with Crippen LogP contribution >= 0.6 is 0 Å². The highest BCUT2D eigenvalue weighted by Crippen LogP contribution is 2.38. The number of fused-ring (bicyclic) bond motifs is 1. The van der Waals surface area contributed by atoms with Crippen molar-refractivity contribution in [2.24, 2.45) is 10.5 Å². The fourth-order valence-electron chi connectivity index (χ4n) is 5.31. The van der Waals surface area contributed by atoms with Crippen molar-refractivity contribution in [2.45, 2.75) is 64.6 Å². The number of nitrogens with zero attached hydrogens (tertiary/aromatic N) is 3. The number of alkyl carbamates (subject to hydrolysis) is 1. The van der Waals surface area contributed by atoms with E-state index in [1.165, 1.54) is 29.8 Å². The molecular formula is C32H39F2N5O6. The molecule has 1 saturated heterocycles. The summed E-state index contributed by atoms with van der Waals surface area (Å²) in [5, 5.41) is 10.9. The van der Waals surface area contributed by atoms with Gasteiger partial charge in [-0.15, -0.1) is 0 Å². The maximum absolute atomic E-state index is 14.1. The molecule has 1 fully saturated rings. The molecule has 0 saturated carbocycles. The van der Waals surface area contributed by atoms with Gasteiger partial charge in [0, 0.05) is 32.6 Å². The van der Waals surface area contributed by atoms with Gasteiger partial charge in [0.2, 0.25) is 11.8 Å². The molecule has 0 radical (unpaired) electrons. The third-order valence-corrected chi connectivity index (χ3v) is 7.56. The third-order valence-electron chi connectivity index (χ3n) is 7.56. The van der Waals surface area contributed by atoms with Gasteiger partial charge in [-0.2, -0.15) is 5.10 Å². The van der Waals surface area contributed by atoms with Gasteiger partial charge >= 0.3 is 6.09 Å². The van der Waals surface area contributed by atoms with Crippen molar-refractivity contribution in [1.82, 2.24) is 20.5 Å². The molecule has 0 aromatic heterocycles. The van der Waals surface area contributed by atoms with E-state index in [2.05, 4.69) is 15.7 Å². The average molecular weight is 628 g/mol. The highest BCUT2D eigenvalue weighted by Gasteiger charge is 2.54. The number of halogens is 2. The molecule has 2 aliphatic heterocycles. The summed E-state index contributed by atoms with van der Waals surface area (Å²) in [7, 11) is 1.57. The zero-order valence-corrected chi connectivity index (χ0v) is 26.3. The van der Waals surface area contributed by atoms with E-state index in [1.807, 2.05) is 30.3 Å². The van der Waals surface area contributed by atoms with Crippen LogP contribution in [0.25, 0.3) is 0 Å². The molecule has 13 heteroatoms. The second-order valence-electron chi connectivity index (χ2n) is 12.8. The maximum atomic E-state index is 14.1. The number of hydrogen-bond acceptors (Lipinski definition) is 7. The molecule has 4 rings (SSSR count). The molecule has 0 spiro atoms. The molecular weight excluding hydrogens is 588 g/mol. The molecule has 2 heterocycles. The van der Waals surface area contributed by atoms with Crippen molar-refractivity contribution in [2.75, 3.05) is 26.7 Å². The lowest BCUT2D eigenvalue weighted by Gasteiger charge is -2.41. The van der Waals surface area contributed by atoms with Crippen LogP contribution in [0.2, 0.25) is 0 Å². The van der Waals surface area contributed by atoms with E-state index in [4.69, 9.17) is 9.47 Å². The minimum absolute atomic E-state index is 0.000166. The van der Waals surface area contributed by atoms with Gasteiger partial charge in [0.25, 0.3) is 5.91 Å².